The second-order valence-corrected chi connectivity index (χ2v) is 5.92. The van der Waals surface area contributed by atoms with Crippen LogP contribution < -0.4 is 0 Å². The van der Waals surface area contributed by atoms with Crippen molar-refractivity contribution >= 4 is 0 Å². The summed E-state index contributed by atoms with van der Waals surface area (Å²) in [4.78, 5) is 4.69. The van der Waals surface area contributed by atoms with E-state index >= 15 is 0 Å². The van der Waals surface area contributed by atoms with Crippen LogP contribution in [-0.4, -0.2) is 14.8 Å². The summed E-state index contributed by atoms with van der Waals surface area (Å²) in [7, 11) is 0. The first-order chi connectivity index (χ1) is 9.31. The molecule has 0 spiro atoms. The molecular weight excluding hydrogens is 234 g/mol. The maximum atomic E-state index is 4.69. The van der Waals surface area contributed by atoms with Crippen LogP contribution in [0.25, 0.3) is 0 Å². The summed E-state index contributed by atoms with van der Waals surface area (Å²) >= 11 is 0. The highest BCUT2D eigenvalue weighted by molar-refractivity contribution is 5.33. The van der Waals surface area contributed by atoms with Crippen molar-refractivity contribution in [3.63, 3.8) is 0 Å². The average Bonchev–Trinajstić information content (AvgIpc) is 2.90. The van der Waals surface area contributed by atoms with E-state index in [9.17, 15) is 0 Å². The quantitative estimate of drug-likeness (QED) is 0.823. The van der Waals surface area contributed by atoms with Crippen molar-refractivity contribution in [2.45, 2.75) is 51.0 Å². The minimum absolute atomic E-state index is 0.481. The lowest BCUT2D eigenvalue weighted by Crippen LogP contribution is -2.20. The Morgan fingerprint density at radius 2 is 1.79 bits per heavy atom. The van der Waals surface area contributed by atoms with Crippen LogP contribution in [-0.2, 0) is 12.8 Å². The molecule has 0 amide bonds. The van der Waals surface area contributed by atoms with Crippen molar-refractivity contribution in [2.24, 2.45) is 0 Å². The zero-order valence-electron chi connectivity index (χ0n) is 11.3. The summed E-state index contributed by atoms with van der Waals surface area (Å²) in [6.07, 6.45) is 6.15. The molecule has 4 rings (SSSR count). The molecule has 0 bridgehead atoms. The monoisotopic (exact) mass is 253 g/mol. The van der Waals surface area contributed by atoms with E-state index in [2.05, 4.69) is 34.0 Å². The van der Waals surface area contributed by atoms with Gasteiger partial charge in [0, 0.05) is 5.92 Å². The van der Waals surface area contributed by atoms with Gasteiger partial charge in [-0.15, -0.1) is 0 Å². The van der Waals surface area contributed by atoms with Gasteiger partial charge in [-0.2, -0.15) is 5.10 Å². The van der Waals surface area contributed by atoms with Gasteiger partial charge in [0.15, 0.2) is 0 Å². The van der Waals surface area contributed by atoms with Gasteiger partial charge in [-0.05, 0) is 43.7 Å². The molecule has 98 valence electrons. The number of hydrogen-bond acceptors (Lipinski definition) is 2. The molecule has 0 radical (unpaired) electrons. The molecule has 1 aromatic heterocycles. The third-order valence-electron chi connectivity index (χ3n) is 4.61. The predicted molar refractivity (Wildman–Crippen MR) is 74.2 cm³/mol. The van der Waals surface area contributed by atoms with Crippen molar-refractivity contribution < 1.29 is 0 Å². The molecule has 1 fully saturated rings. The van der Waals surface area contributed by atoms with Gasteiger partial charge in [-0.1, -0.05) is 30.7 Å². The summed E-state index contributed by atoms with van der Waals surface area (Å²) in [5, 5.41) is 4.68. The van der Waals surface area contributed by atoms with Gasteiger partial charge < -0.3 is 0 Å². The molecule has 19 heavy (non-hydrogen) atoms. The van der Waals surface area contributed by atoms with E-state index in [1.807, 2.05) is 6.92 Å². The minimum Gasteiger partial charge on any atom is -0.246 e. The molecule has 2 aliphatic rings. The van der Waals surface area contributed by atoms with E-state index < -0.39 is 0 Å². The summed E-state index contributed by atoms with van der Waals surface area (Å²) in [6.45, 7) is 2.01. The summed E-state index contributed by atoms with van der Waals surface area (Å²) in [6, 6.07) is 9.26. The number of rotatable bonds is 2. The lowest BCUT2D eigenvalue weighted by Gasteiger charge is -2.26. The zero-order valence-corrected chi connectivity index (χ0v) is 11.3. The van der Waals surface area contributed by atoms with Crippen LogP contribution in [0.3, 0.4) is 0 Å². The SMILES string of the molecule is Cc1nc(C2CCC2)n(C2Cc3ccccc3C2)n1. The Morgan fingerprint density at radius 1 is 1.11 bits per heavy atom. The van der Waals surface area contributed by atoms with Crippen molar-refractivity contribution in [1.82, 2.24) is 14.8 Å². The first-order valence-electron chi connectivity index (χ1n) is 7.31. The van der Waals surface area contributed by atoms with Gasteiger partial charge in [0.2, 0.25) is 0 Å². The van der Waals surface area contributed by atoms with E-state index in [1.165, 1.54) is 36.2 Å². The molecule has 0 atom stereocenters. The van der Waals surface area contributed by atoms with Crippen LogP contribution in [0.1, 0.15) is 54.0 Å². The predicted octanol–water partition coefficient (Wildman–Crippen LogP) is 3.19. The third kappa shape index (κ3) is 1.79. The lowest BCUT2D eigenvalue weighted by atomic mass is 9.84. The Morgan fingerprint density at radius 3 is 2.37 bits per heavy atom. The fourth-order valence-electron chi connectivity index (χ4n) is 3.37. The maximum absolute atomic E-state index is 4.69. The summed E-state index contributed by atoms with van der Waals surface area (Å²) in [5.74, 6) is 2.82. The first kappa shape index (κ1) is 11.2. The lowest BCUT2D eigenvalue weighted by molar-refractivity contribution is 0.356. The van der Waals surface area contributed by atoms with Gasteiger partial charge in [0.05, 0.1) is 6.04 Å². The second-order valence-electron chi connectivity index (χ2n) is 5.92. The fraction of sp³-hybridized carbons (Fsp3) is 0.500. The maximum Gasteiger partial charge on any atom is 0.147 e. The Hall–Kier alpha value is -1.64. The normalized spacial score (nSPS) is 19.4. The Kier molecular flexibility index (Phi) is 2.47. The largest absolute Gasteiger partial charge is 0.246 e. The second kappa shape index (κ2) is 4.19. The van der Waals surface area contributed by atoms with Crippen LogP contribution in [0.5, 0.6) is 0 Å². The van der Waals surface area contributed by atoms with Gasteiger partial charge >= 0.3 is 0 Å². The molecule has 3 heteroatoms. The molecule has 2 aliphatic carbocycles. The number of aromatic nitrogens is 3. The minimum atomic E-state index is 0.481. The molecule has 0 saturated heterocycles. The average molecular weight is 253 g/mol. The van der Waals surface area contributed by atoms with E-state index in [4.69, 9.17) is 4.98 Å². The molecule has 0 N–H and O–H groups in total. The fourth-order valence-corrected chi connectivity index (χ4v) is 3.37. The zero-order chi connectivity index (χ0) is 12.8. The molecule has 2 aromatic rings. The molecule has 1 aromatic carbocycles. The number of benzene rings is 1. The standard InChI is InChI=1S/C16H19N3/c1-11-17-16(12-7-4-8-12)19(18-11)15-9-13-5-2-3-6-14(13)10-15/h2-3,5-6,12,15H,4,7-10H2,1H3. The van der Waals surface area contributed by atoms with Crippen LogP contribution in [0, 0.1) is 6.92 Å². The molecule has 0 unspecified atom stereocenters. The smallest absolute Gasteiger partial charge is 0.147 e. The molecule has 1 saturated carbocycles. The Bertz CT molecular complexity index is 585. The van der Waals surface area contributed by atoms with Crippen molar-refractivity contribution in [3.8, 4) is 0 Å². The first-order valence-corrected chi connectivity index (χ1v) is 7.31. The summed E-state index contributed by atoms with van der Waals surface area (Å²) < 4.78 is 2.24. The molecular formula is C16H19N3. The van der Waals surface area contributed by atoms with Gasteiger partial charge in [-0.3, -0.25) is 0 Å². The van der Waals surface area contributed by atoms with Crippen molar-refractivity contribution in [2.75, 3.05) is 0 Å². The van der Waals surface area contributed by atoms with E-state index in [0.29, 0.717) is 12.0 Å². The van der Waals surface area contributed by atoms with Gasteiger partial charge in [0.1, 0.15) is 11.6 Å². The van der Waals surface area contributed by atoms with Gasteiger partial charge in [-0.25, -0.2) is 9.67 Å². The highest BCUT2D eigenvalue weighted by Crippen LogP contribution is 2.38. The van der Waals surface area contributed by atoms with Crippen molar-refractivity contribution in [1.29, 1.82) is 0 Å². The van der Waals surface area contributed by atoms with Gasteiger partial charge in [0.25, 0.3) is 0 Å². The number of nitrogens with zero attached hydrogens (tertiary/aromatic N) is 3. The molecule has 3 nitrogen and oxygen atoms in total. The summed E-state index contributed by atoms with van der Waals surface area (Å²) in [5.41, 5.74) is 2.97. The number of hydrogen-bond donors (Lipinski definition) is 0. The van der Waals surface area contributed by atoms with E-state index in [-0.39, 0.29) is 0 Å². The Labute approximate surface area is 113 Å². The highest BCUT2D eigenvalue weighted by Gasteiger charge is 2.30. The van der Waals surface area contributed by atoms with E-state index in [0.717, 1.165) is 18.7 Å². The molecule has 0 aliphatic heterocycles. The van der Waals surface area contributed by atoms with Crippen molar-refractivity contribution in [3.05, 3.63) is 47.0 Å². The van der Waals surface area contributed by atoms with Crippen LogP contribution in [0.2, 0.25) is 0 Å². The van der Waals surface area contributed by atoms with Crippen LogP contribution in [0.15, 0.2) is 24.3 Å². The highest BCUT2D eigenvalue weighted by atomic mass is 15.4. The topological polar surface area (TPSA) is 30.7 Å². The number of fused-ring (bicyclic) bond motifs is 1. The Balaban J connectivity index is 1.67. The third-order valence-corrected chi connectivity index (χ3v) is 4.61. The number of aryl methyl sites for hydroxylation is 1. The van der Waals surface area contributed by atoms with Crippen LogP contribution >= 0.6 is 0 Å². The van der Waals surface area contributed by atoms with E-state index in [1.54, 1.807) is 0 Å². The molecule has 1 heterocycles. The van der Waals surface area contributed by atoms with Crippen LogP contribution in [0.4, 0.5) is 0 Å².